The van der Waals surface area contributed by atoms with Gasteiger partial charge in [-0.3, -0.25) is 9.48 Å². The van der Waals surface area contributed by atoms with Crippen LogP contribution in [0.3, 0.4) is 0 Å². The van der Waals surface area contributed by atoms with Gasteiger partial charge in [-0.05, 0) is 13.0 Å². The number of nitrogens with zero attached hydrogens (tertiary/aromatic N) is 2. The summed E-state index contributed by atoms with van der Waals surface area (Å²) in [5.41, 5.74) is -0.450. The van der Waals surface area contributed by atoms with Crippen molar-refractivity contribution in [3.05, 3.63) is 41.6 Å². The Morgan fingerprint density at radius 2 is 2.00 bits per heavy atom. The number of hydrogen-bond donors (Lipinski definition) is 0. The Morgan fingerprint density at radius 1 is 1.32 bits per heavy atom. The van der Waals surface area contributed by atoms with E-state index in [-0.39, 0.29) is 16.8 Å². The Morgan fingerprint density at radius 3 is 2.58 bits per heavy atom. The van der Waals surface area contributed by atoms with E-state index in [1.807, 2.05) is 0 Å². The van der Waals surface area contributed by atoms with Crippen molar-refractivity contribution < 1.29 is 18.0 Å². The monoisotopic (exact) mass is 268 g/mol. The third kappa shape index (κ3) is 2.38. The van der Waals surface area contributed by atoms with Crippen LogP contribution in [0, 0.1) is 0 Å². The first kappa shape index (κ1) is 13.3. The molecule has 0 N–H and O–H groups in total. The molecule has 6 heteroatoms. The third-order valence-electron chi connectivity index (χ3n) is 2.78. The number of alkyl halides is 3. The number of carbonyl (C=O) groups is 1. The van der Waals surface area contributed by atoms with Crippen molar-refractivity contribution in [2.24, 2.45) is 0 Å². The van der Waals surface area contributed by atoms with Crippen LogP contribution in [0.2, 0.25) is 0 Å². The molecule has 0 saturated heterocycles. The standard InChI is InChI=1S/C13H11F3N2O/c1-2-18-12(9(8-19)7-17-18)10-5-3-4-6-11(10)13(14,15)16/h3-8H,2H2,1H3. The van der Waals surface area contributed by atoms with Crippen molar-refractivity contribution in [1.82, 2.24) is 9.78 Å². The van der Waals surface area contributed by atoms with Crippen LogP contribution in [0.25, 0.3) is 11.3 Å². The van der Waals surface area contributed by atoms with E-state index in [1.54, 1.807) is 6.92 Å². The molecule has 0 saturated carbocycles. The SMILES string of the molecule is CCn1ncc(C=O)c1-c1ccccc1C(F)(F)F. The summed E-state index contributed by atoms with van der Waals surface area (Å²) in [7, 11) is 0. The van der Waals surface area contributed by atoms with E-state index in [2.05, 4.69) is 5.10 Å². The lowest BCUT2D eigenvalue weighted by atomic mass is 10.0. The van der Waals surface area contributed by atoms with E-state index in [9.17, 15) is 18.0 Å². The van der Waals surface area contributed by atoms with Crippen LogP contribution in [-0.2, 0) is 12.7 Å². The Balaban J connectivity index is 2.72. The Labute approximate surface area is 107 Å². The Hall–Kier alpha value is -2.11. The lowest BCUT2D eigenvalue weighted by Gasteiger charge is -2.14. The van der Waals surface area contributed by atoms with Crippen LogP contribution in [0.5, 0.6) is 0 Å². The number of aryl methyl sites for hydroxylation is 1. The average molecular weight is 268 g/mol. The normalized spacial score (nSPS) is 11.6. The predicted octanol–water partition coefficient (Wildman–Crippen LogP) is 3.40. The fraction of sp³-hybridized carbons (Fsp3) is 0.231. The lowest BCUT2D eigenvalue weighted by Crippen LogP contribution is -2.09. The van der Waals surface area contributed by atoms with Crippen LogP contribution >= 0.6 is 0 Å². The molecule has 0 fully saturated rings. The summed E-state index contributed by atoms with van der Waals surface area (Å²) in [6.45, 7) is 2.14. The van der Waals surface area contributed by atoms with Crippen LogP contribution in [-0.4, -0.2) is 16.1 Å². The molecule has 0 atom stereocenters. The van der Waals surface area contributed by atoms with E-state index in [0.717, 1.165) is 6.07 Å². The van der Waals surface area contributed by atoms with E-state index >= 15 is 0 Å². The summed E-state index contributed by atoms with van der Waals surface area (Å²) >= 11 is 0. The Kier molecular flexibility index (Phi) is 3.42. The van der Waals surface area contributed by atoms with Crippen molar-refractivity contribution in [1.29, 1.82) is 0 Å². The molecule has 100 valence electrons. The zero-order valence-electron chi connectivity index (χ0n) is 10.1. The molecule has 1 aromatic heterocycles. The summed E-state index contributed by atoms with van der Waals surface area (Å²) in [6, 6.07) is 5.17. The summed E-state index contributed by atoms with van der Waals surface area (Å²) in [6.07, 6.45) is -2.68. The minimum Gasteiger partial charge on any atom is -0.298 e. The molecule has 0 radical (unpaired) electrons. The maximum atomic E-state index is 13.0. The van der Waals surface area contributed by atoms with Gasteiger partial charge in [0, 0.05) is 12.1 Å². The van der Waals surface area contributed by atoms with Crippen LogP contribution in [0.15, 0.2) is 30.5 Å². The van der Waals surface area contributed by atoms with Gasteiger partial charge in [-0.2, -0.15) is 18.3 Å². The van der Waals surface area contributed by atoms with Gasteiger partial charge >= 0.3 is 6.18 Å². The highest BCUT2D eigenvalue weighted by Gasteiger charge is 2.34. The van der Waals surface area contributed by atoms with Gasteiger partial charge in [0.15, 0.2) is 6.29 Å². The second-order valence-electron chi connectivity index (χ2n) is 3.93. The molecule has 3 nitrogen and oxygen atoms in total. The molecule has 0 aliphatic carbocycles. The zero-order chi connectivity index (χ0) is 14.0. The maximum absolute atomic E-state index is 13.0. The molecular formula is C13H11F3N2O. The molecule has 1 aromatic carbocycles. The molecule has 0 aliphatic heterocycles. The van der Waals surface area contributed by atoms with Crippen molar-refractivity contribution in [2.75, 3.05) is 0 Å². The smallest absolute Gasteiger partial charge is 0.298 e. The molecule has 1 heterocycles. The molecule has 0 unspecified atom stereocenters. The van der Waals surface area contributed by atoms with Gasteiger partial charge in [0.1, 0.15) is 0 Å². The van der Waals surface area contributed by atoms with Crippen LogP contribution in [0.4, 0.5) is 13.2 Å². The van der Waals surface area contributed by atoms with Crippen molar-refractivity contribution >= 4 is 6.29 Å². The summed E-state index contributed by atoms with van der Waals surface area (Å²) in [4.78, 5) is 11.0. The first-order chi connectivity index (χ1) is 8.99. The first-order valence-electron chi connectivity index (χ1n) is 5.66. The molecule has 0 bridgehead atoms. The maximum Gasteiger partial charge on any atom is 0.417 e. The zero-order valence-corrected chi connectivity index (χ0v) is 10.1. The summed E-state index contributed by atoms with van der Waals surface area (Å²) < 4.78 is 40.4. The minimum absolute atomic E-state index is 0.0311. The van der Waals surface area contributed by atoms with Crippen molar-refractivity contribution in [3.8, 4) is 11.3 Å². The van der Waals surface area contributed by atoms with Gasteiger partial charge in [-0.15, -0.1) is 0 Å². The van der Waals surface area contributed by atoms with Gasteiger partial charge in [-0.1, -0.05) is 18.2 Å². The number of rotatable bonds is 3. The first-order valence-corrected chi connectivity index (χ1v) is 5.66. The third-order valence-corrected chi connectivity index (χ3v) is 2.78. The van der Waals surface area contributed by atoms with Crippen LogP contribution < -0.4 is 0 Å². The highest BCUT2D eigenvalue weighted by atomic mass is 19.4. The average Bonchev–Trinajstić information content (AvgIpc) is 2.80. The number of carbonyl (C=O) groups excluding carboxylic acids is 1. The number of hydrogen-bond acceptors (Lipinski definition) is 2. The number of aromatic nitrogens is 2. The lowest BCUT2D eigenvalue weighted by molar-refractivity contribution is -0.137. The highest BCUT2D eigenvalue weighted by molar-refractivity contribution is 5.86. The van der Waals surface area contributed by atoms with Crippen LogP contribution in [0.1, 0.15) is 22.8 Å². The van der Waals surface area contributed by atoms with Gasteiger partial charge in [0.2, 0.25) is 0 Å². The number of benzene rings is 1. The Bertz CT molecular complexity index is 602. The van der Waals surface area contributed by atoms with Gasteiger partial charge in [0.25, 0.3) is 0 Å². The predicted molar refractivity (Wildman–Crippen MR) is 63.7 cm³/mol. The van der Waals surface area contributed by atoms with Crippen molar-refractivity contribution in [2.45, 2.75) is 19.6 Å². The fourth-order valence-electron chi connectivity index (χ4n) is 1.96. The van der Waals surface area contributed by atoms with Gasteiger partial charge in [0.05, 0.1) is 23.0 Å². The molecule has 0 aliphatic rings. The van der Waals surface area contributed by atoms with E-state index in [4.69, 9.17) is 0 Å². The fourth-order valence-corrected chi connectivity index (χ4v) is 1.96. The topological polar surface area (TPSA) is 34.9 Å². The van der Waals surface area contributed by atoms with Gasteiger partial charge < -0.3 is 0 Å². The second-order valence-corrected chi connectivity index (χ2v) is 3.93. The van der Waals surface area contributed by atoms with E-state index in [1.165, 1.54) is 29.1 Å². The largest absolute Gasteiger partial charge is 0.417 e. The molecule has 0 spiro atoms. The molecular weight excluding hydrogens is 257 g/mol. The highest BCUT2D eigenvalue weighted by Crippen LogP contribution is 2.37. The summed E-state index contributed by atoms with van der Waals surface area (Å²) in [5.74, 6) is 0. The molecule has 19 heavy (non-hydrogen) atoms. The minimum atomic E-state index is -4.47. The number of halogens is 3. The quantitative estimate of drug-likeness (QED) is 0.800. The van der Waals surface area contributed by atoms with Gasteiger partial charge in [-0.25, -0.2) is 0 Å². The molecule has 2 aromatic rings. The van der Waals surface area contributed by atoms with E-state index in [0.29, 0.717) is 12.8 Å². The van der Waals surface area contributed by atoms with Crippen molar-refractivity contribution in [3.63, 3.8) is 0 Å². The number of aldehydes is 1. The molecule has 2 rings (SSSR count). The summed E-state index contributed by atoms with van der Waals surface area (Å²) in [5, 5.41) is 3.92. The molecule has 0 amide bonds. The van der Waals surface area contributed by atoms with E-state index < -0.39 is 11.7 Å². The second kappa shape index (κ2) is 4.87.